The molecule has 0 fully saturated rings. The summed E-state index contributed by atoms with van der Waals surface area (Å²) in [6.45, 7) is 5.95. The highest BCUT2D eigenvalue weighted by Gasteiger charge is 2.15. The normalized spacial score (nSPS) is 11.2. The van der Waals surface area contributed by atoms with E-state index >= 15 is 0 Å². The van der Waals surface area contributed by atoms with Crippen molar-refractivity contribution < 1.29 is 18.4 Å². The molecule has 0 unspecified atom stereocenters. The van der Waals surface area contributed by atoms with E-state index in [1.165, 1.54) is 15.8 Å². The van der Waals surface area contributed by atoms with Crippen LogP contribution in [0.4, 0.5) is 10.5 Å². The van der Waals surface area contributed by atoms with Crippen LogP contribution in [0.25, 0.3) is 11.0 Å². The minimum atomic E-state index is -0.554. The summed E-state index contributed by atoms with van der Waals surface area (Å²) in [5.41, 5.74) is 1.31. The van der Waals surface area contributed by atoms with E-state index in [2.05, 4.69) is 29.3 Å². The van der Waals surface area contributed by atoms with Gasteiger partial charge >= 0.3 is 11.7 Å². The van der Waals surface area contributed by atoms with Crippen LogP contribution >= 0.6 is 11.3 Å². The fourth-order valence-electron chi connectivity index (χ4n) is 3.55. The summed E-state index contributed by atoms with van der Waals surface area (Å²) in [6, 6.07) is 14.8. The Morgan fingerprint density at radius 2 is 2.00 bits per heavy atom. The number of furan rings is 1. The molecular formula is C24H24N2O5S. The number of carbonyl (C=O) groups excluding carboxylic acids is 1. The van der Waals surface area contributed by atoms with E-state index in [1.807, 2.05) is 18.2 Å². The number of rotatable bonds is 8. The monoisotopic (exact) mass is 452 g/mol. The Hall–Kier alpha value is -3.36. The van der Waals surface area contributed by atoms with Crippen LogP contribution in [0.3, 0.4) is 0 Å². The number of hydrogen-bond donors (Lipinski definition) is 1. The molecule has 0 aliphatic heterocycles. The fraction of sp³-hybridized carbons (Fsp3) is 0.250. The number of nitrogens with one attached hydrogen (secondary N) is 1. The van der Waals surface area contributed by atoms with E-state index in [0.29, 0.717) is 24.4 Å². The van der Waals surface area contributed by atoms with Gasteiger partial charge in [0.15, 0.2) is 0 Å². The van der Waals surface area contributed by atoms with Gasteiger partial charge in [-0.3, -0.25) is 10.2 Å². The number of amides is 1. The van der Waals surface area contributed by atoms with Crippen molar-refractivity contribution in [2.24, 2.45) is 0 Å². The molecule has 0 atom stereocenters. The lowest BCUT2D eigenvalue weighted by molar-refractivity contribution is 0.168. The minimum absolute atomic E-state index is 0.272. The van der Waals surface area contributed by atoms with Crippen molar-refractivity contribution in [3.05, 3.63) is 86.3 Å². The first-order valence-corrected chi connectivity index (χ1v) is 11.1. The molecule has 166 valence electrons. The molecule has 32 heavy (non-hydrogen) atoms. The van der Waals surface area contributed by atoms with E-state index in [-0.39, 0.29) is 6.61 Å². The lowest BCUT2D eigenvalue weighted by Gasteiger charge is -2.21. The second-order valence-electron chi connectivity index (χ2n) is 7.38. The number of anilines is 1. The van der Waals surface area contributed by atoms with Crippen LogP contribution < -0.4 is 10.9 Å². The summed E-state index contributed by atoms with van der Waals surface area (Å²) in [6.07, 6.45) is 1.11. The molecule has 1 aromatic carbocycles. The van der Waals surface area contributed by atoms with Gasteiger partial charge in [0, 0.05) is 46.1 Å². The largest absolute Gasteiger partial charge is 0.468 e. The average molecular weight is 453 g/mol. The highest BCUT2D eigenvalue weighted by atomic mass is 32.1. The molecule has 4 rings (SSSR count). The molecule has 0 aliphatic carbocycles. The molecule has 0 spiro atoms. The molecule has 0 aliphatic rings. The zero-order valence-electron chi connectivity index (χ0n) is 17.9. The summed E-state index contributed by atoms with van der Waals surface area (Å²) >= 11 is 1.75. The Morgan fingerprint density at radius 3 is 2.72 bits per heavy atom. The number of benzene rings is 1. The van der Waals surface area contributed by atoms with Crippen molar-refractivity contribution in [2.75, 3.05) is 11.9 Å². The number of aryl methyl sites for hydroxylation is 1. The highest BCUT2D eigenvalue weighted by molar-refractivity contribution is 7.11. The summed E-state index contributed by atoms with van der Waals surface area (Å²) < 4.78 is 15.9. The predicted octanol–water partition coefficient (Wildman–Crippen LogP) is 5.53. The summed E-state index contributed by atoms with van der Waals surface area (Å²) in [5.74, 6) is 0.853. The number of ether oxygens (including phenoxy) is 1. The van der Waals surface area contributed by atoms with Gasteiger partial charge < -0.3 is 13.6 Å². The molecule has 3 heterocycles. The van der Waals surface area contributed by atoms with Gasteiger partial charge in [0.1, 0.15) is 11.3 Å². The van der Waals surface area contributed by atoms with Gasteiger partial charge in [-0.15, -0.1) is 11.3 Å². The molecule has 1 N–H and O–H groups in total. The van der Waals surface area contributed by atoms with Crippen LogP contribution in [0.1, 0.15) is 28.0 Å². The Kier molecular flexibility index (Phi) is 6.72. The van der Waals surface area contributed by atoms with Gasteiger partial charge in [0.2, 0.25) is 0 Å². The minimum Gasteiger partial charge on any atom is -0.468 e. The smallest absolute Gasteiger partial charge is 0.411 e. The van der Waals surface area contributed by atoms with Crippen LogP contribution in [0.5, 0.6) is 0 Å². The van der Waals surface area contributed by atoms with Gasteiger partial charge in [-0.2, -0.15) is 0 Å². The predicted molar refractivity (Wildman–Crippen MR) is 124 cm³/mol. The molecular weight excluding hydrogens is 428 g/mol. The third-order valence-corrected chi connectivity index (χ3v) is 5.87. The SMILES string of the molecule is CCOC(=O)Nc1ccc2c(CN(Cc3ccco3)Cc3ccc(C)s3)cc(=O)oc2c1. The van der Waals surface area contributed by atoms with Crippen LogP contribution in [0.15, 0.2) is 68.4 Å². The average Bonchev–Trinajstić information content (AvgIpc) is 3.39. The highest BCUT2D eigenvalue weighted by Crippen LogP contribution is 2.25. The second-order valence-corrected chi connectivity index (χ2v) is 8.76. The molecule has 3 aromatic heterocycles. The number of thiophene rings is 1. The van der Waals surface area contributed by atoms with E-state index in [4.69, 9.17) is 13.6 Å². The van der Waals surface area contributed by atoms with E-state index in [0.717, 1.165) is 23.3 Å². The zero-order chi connectivity index (χ0) is 22.5. The topological polar surface area (TPSA) is 84.9 Å². The molecule has 1 amide bonds. The quantitative estimate of drug-likeness (QED) is 0.354. The van der Waals surface area contributed by atoms with E-state index < -0.39 is 11.7 Å². The molecule has 0 saturated heterocycles. The Morgan fingerprint density at radius 1 is 1.12 bits per heavy atom. The third kappa shape index (κ3) is 5.46. The van der Waals surface area contributed by atoms with E-state index in [1.54, 1.807) is 36.7 Å². The maximum Gasteiger partial charge on any atom is 0.411 e. The molecule has 0 bridgehead atoms. The zero-order valence-corrected chi connectivity index (χ0v) is 18.7. The lowest BCUT2D eigenvalue weighted by Crippen LogP contribution is -2.22. The number of nitrogens with zero attached hydrogens (tertiary/aromatic N) is 1. The molecule has 0 radical (unpaired) electrons. The van der Waals surface area contributed by atoms with Gasteiger partial charge in [-0.1, -0.05) is 0 Å². The van der Waals surface area contributed by atoms with Crippen molar-refractivity contribution in [2.45, 2.75) is 33.5 Å². The Balaban J connectivity index is 1.63. The maximum absolute atomic E-state index is 12.3. The van der Waals surface area contributed by atoms with Gasteiger partial charge in [0.05, 0.1) is 19.4 Å². The number of fused-ring (bicyclic) bond motifs is 1. The van der Waals surface area contributed by atoms with Crippen molar-refractivity contribution in [1.82, 2.24) is 4.90 Å². The molecule has 8 heteroatoms. The van der Waals surface area contributed by atoms with E-state index in [9.17, 15) is 9.59 Å². The van der Waals surface area contributed by atoms with Crippen molar-refractivity contribution in [1.29, 1.82) is 0 Å². The first-order valence-electron chi connectivity index (χ1n) is 10.3. The van der Waals surface area contributed by atoms with Crippen LogP contribution in [-0.2, 0) is 24.4 Å². The summed E-state index contributed by atoms with van der Waals surface area (Å²) in [5, 5.41) is 3.45. The van der Waals surface area contributed by atoms with Crippen LogP contribution in [0.2, 0.25) is 0 Å². The van der Waals surface area contributed by atoms with Crippen LogP contribution in [-0.4, -0.2) is 17.6 Å². The maximum atomic E-state index is 12.3. The summed E-state index contributed by atoms with van der Waals surface area (Å²) in [7, 11) is 0. The number of hydrogen-bond acceptors (Lipinski definition) is 7. The van der Waals surface area contributed by atoms with Crippen LogP contribution in [0, 0.1) is 6.92 Å². The standard InChI is InChI=1S/C24H24N2O5S/c1-3-29-24(28)25-18-7-9-21-17(11-23(27)31-22(21)12-18)13-26(14-19-5-4-10-30-19)15-20-8-6-16(2)32-20/h4-12H,3,13-15H2,1-2H3,(H,25,28). The lowest BCUT2D eigenvalue weighted by atomic mass is 10.1. The molecule has 0 saturated carbocycles. The van der Waals surface area contributed by atoms with Gasteiger partial charge in [0.25, 0.3) is 0 Å². The van der Waals surface area contributed by atoms with Gasteiger partial charge in [-0.05, 0) is 55.8 Å². The molecule has 7 nitrogen and oxygen atoms in total. The number of carbonyl (C=O) groups is 1. The first-order chi connectivity index (χ1) is 15.5. The second kappa shape index (κ2) is 9.84. The van der Waals surface area contributed by atoms with Crippen molar-refractivity contribution >= 4 is 34.1 Å². The molecule has 4 aromatic rings. The fourth-order valence-corrected chi connectivity index (χ4v) is 4.48. The van der Waals surface area contributed by atoms with Gasteiger partial charge in [-0.25, -0.2) is 9.59 Å². The Labute approximate surface area is 189 Å². The third-order valence-electron chi connectivity index (χ3n) is 4.88. The summed E-state index contributed by atoms with van der Waals surface area (Å²) in [4.78, 5) is 28.7. The Bertz CT molecular complexity index is 1260. The first kappa shape index (κ1) is 21.9. The van der Waals surface area contributed by atoms with Crippen molar-refractivity contribution in [3.8, 4) is 0 Å². The van der Waals surface area contributed by atoms with Crippen molar-refractivity contribution in [3.63, 3.8) is 0 Å².